The van der Waals surface area contributed by atoms with E-state index in [1.807, 2.05) is 0 Å². The van der Waals surface area contributed by atoms with Crippen LogP contribution in [0.1, 0.15) is 40.5 Å². The van der Waals surface area contributed by atoms with Gasteiger partial charge < -0.3 is 19.7 Å². The minimum Gasteiger partial charge on any atom is -0.511 e. The molecule has 0 spiro atoms. The van der Waals surface area contributed by atoms with Gasteiger partial charge in [-0.15, -0.1) is 0 Å². The van der Waals surface area contributed by atoms with E-state index in [9.17, 15) is 29.4 Å². The van der Waals surface area contributed by atoms with E-state index in [1.165, 1.54) is 26.6 Å². The van der Waals surface area contributed by atoms with Crippen LogP contribution in [0, 0.1) is 22.7 Å². The molecule has 0 radical (unpaired) electrons. The number of hydrogen-bond donors (Lipinski definition) is 2. The molecule has 38 heavy (non-hydrogen) atoms. The molecule has 1 aromatic carbocycles. The van der Waals surface area contributed by atoms with Crippen molar-refractivity contribution in [3.8, 4) is 0 Å². The molecule has 0 aliphatic heterocycles. The second-order valence-corrected chi connectivity index (χ2v) is 10.7. The van der Waals surface area contributed by atoms with Gasteiger partial charge in [0.25, 0.3) is 0 Å². The molecule has 0 heterocycles. The number of ketones is 2. The summed E-state index contributed by atoms with van der Waals surface area (Å²) in [5, 5.41) is 21.3. The molecular weight excluding hydrogens is 492 g/mol. The summed E-state index contributed by atoms with van der Waals surface area (Å²) in [4.78, 5) is 58.1. The number of benzene rings is 1. The fourth-order valence-corrected chi connectivity index (χ4v) is 4.84. The highest BCUT2D eigenvalue weighted by molar-refractivity contribution is 6.16. The number of aliphatic imine (C=N–C) groups is 2. The van der Waals surface area contributed by atoms with Crippen molar-refractivity contribution in [2.45, 2.75) is 40.5 Å². The molecule has 10 nitrogen and oxygen atoms in total. The summed E-state index contributed by atoms with van der Waals surface area (Å²) in [6.45, 7) is 6.85. The number of esters is 2. The second-order valence-electron chi connectivity index (χ2n) is 10.7. The van der Waals surface area contributed by atoms with Crippen molar-refractivity contribution in [1.29, 1.82) is 0 Å². The van der Waals surface area contributed by atoms with E-state index in [2.05, 4.69) is 9.98 Å². The number of methoxy groups -OCH3 is 2. The maximum atomic E-state index is 12.6. The molecule has 2 aliphatic carbocycles. The Morgan fingerprint density at radius 3 is 1.37 bits per heavy atom. The number of ether oxygens (including phenoxy) is 2. The zero-order valence-electron chi connectivity index (χ0n) is 22.3. The van der Waals surface area contributed by atoms with Gasteiger partial charge in [-0.1, -0.05) is 27.7 Å². The molecule has 3 rings (SSSR count). The van der Waals surface area contributed by atoms with Crippen LogP contribution in [0.5, 0.6) is 0 Å². The first kappa shape index (κ1) is 28.5. The lowest BCUT2D eigenvalue weighted by Gasteiger charge is -2.35. The minimum absolute atomic E-state index is 0.0429. The zero-order valence-corrected chi connectivity index (χ0v) is 22.3. The molecule has 10 heteroatoms. The van der Waals surface area contributed by atoms with E-state index in [4.69, 9.17) is 9.47 Å². The van der Waals surface area contributed by atoms with Crippen LogP contribution in [-0.4, -0.2) is 60.4 Å². The van der Waals surface area contributed by atoms with Gasteiger partial charge in [0.2, 0.25) is 0 Å². The first-order chi connectivity index (χ1) is 17.7. The molecule has 0 saturated carbocycles. The average molecular weight is 525 g/mol. The van der Waals surface area contributed by atoms with Gasteiger partial charge >= 0.3 is 11.9 Å². The van der Waals surface area contributed by atoms with Crippen LogP contribution in [0.2, 0.25) is 0 Å². The summed E-state index contributed by atoms with van der Waals surface area (Å²) in [5.74, 6) is -4.66. The predicted molar refractivity (Wildman–Crippen MR) is 140 cm³/mol. The van der Waals surface area contributed by atoms with E-state index < -0.39 is 34.6 Å². The van der Waals surface area contributed by atoms with Crippen molar-refractivity contribution in [3.05, 3.63) is 46.9 Å². The Labute approximate surface area is 220 Å². The van der Waals surface area contributed by atoms with Crippen LogP contribution < -0.4 is 0 Å². The monoisotopic (exact) mass is 524 g/mol. The molecule has 0 aromatic heterocycles. The van der Waals surface area contributed by atoms with Crippen molar-refractivity contribution < 1.29 is 38.9 Å². The number of carbonyl (C=O) groups excluding carboxylic acids is 4. The molecular formula is C28H32N2O8. The summed E-state index contributed by atoms with van der Waals surface area (Å²) in [7, 11) is 2.44. The van der Waals surface area contributed by atoms with E-state index in [0.29, 0.717) is 11.4 Å². The SMILES string of the molecule is COC(=O)C1C(O)=C(C=Nc2ccc(N=CC3=C(O)C(C(=O)OC)C(C)(C)CC3=O)cc2)C(=O)CC1(C)C. The number of carbonyl (C=O) groups is 4. The first-order valence-corrected chi connectivity index (χ1v) is 12.0. The molecule has 2 N–H and O–H groups in total. The fraction of sp³-hybridized carbons (Fsp3) is 0.429. The van der Waals surface area contributed by atoms with Crippen LogP contribution in [-0.2, 0) is 28.7 Å². The van der Waals surface area contributed by atoms with Crippen LogP contribution in [0.25, 0.3) is 0 Å². The Kier molecular flexibility index (Phi) is 8.04. The number of aliphatic hydroxyl groups excluding tert-OH is 2. The van der Waals surface area contributed by atoms with Crippen molar-refractivity contribution in [1.82, 2.24) is 0 Å². The van der Waals surface area contributed by atoms with E-state index >= 15 is 0 Å². The lowest BCUT2D eigenvalue weighted by atomic mass is 9.68. The summed E-state index contributed by atoms with van der Waals surface area (Å²) in [6.07, 6.45) is 2.53. The number of aliphatic hydroxyl groups is 2. The Bertz CT molecular complexity index is 1180. The number of Topliss-reactive ketones (excluding diaryl/α,β-unsaturated/α-hetero) is 2. The summed E-state index contributed by atoms with van der Waals surface area (Å²) in [5.41, 5.74) is -0.825. The topological polar surface area (TPSA) is 152 Å². The molecule has 2 unspecified atom stereocenters. The van der Waals surface area contributed by atoms with E-state index in [-0.39, 0.29) is 47.1 Å². The van der Waals surface area contributed by atoms with Crippen LogP contribution >= 0.6 is 0 Å². The minimum atomic E-state index is -0.985. The predicted octanol–water partition coefficient (Wildman–Crippen LogP) is 4.29. The fourth-order valence-electron chi connectivity index (χ4n) is 4.84. The highest BCUT2D eigenvalue weighted by atomic mass is 16.5. The third-order valence-electron chi connectivity index (χ3n) is 6.90. The number of rotatable bonds is 6. The molecule has 0 fully saturated rings. The van der Waals surface area contributed by atoms with Gasteiger partial charge in [0.15, 0.2) is 11.6 Å². The Morgan fingerprint density at radius 2 is 1.08 bits per heavy atom. The van der Waals surface area contributed by atoms with Gasteiger partial charge in [-0.05, 0) is 35.1 Å². The molecule has 0 saturated heterocycles. The molecule has 2 atom stereocenters. The largest absolute Gasteiger partial charge is 0.511 e. The smallest absolute Gasteiger partial charge is 0.316 e. The molecule has 2 aliphatic rings. The third-order valence-corrected chi connectivity index (χ3v) is 6.90. The summed E-state index contributed by atoms with van der Waals surface area (Å²) < 4.78 is 9.61. The van der Waals surface area contributed by atoms with Crippen LogP contribution in [0.3, 0.4) is 0 Å². The summed E-state index contributed by atoms with van der Waals surface area (Å²) in [6, 6.07) is 6.42. The maximum absolute atomic E-state index is 12.6. The van der Waals surface area contributed by atoms with E-state index in [0.717, 1.165) is 0 Å². The quantitative estimate of drug-likeness (QED) is 0.413. The van der Waals surface area contributed by atoms with Crippen LogP contribution in [0.4, 0.5) is 11.4 Å². The molecule has 0 bridgehead atoms. The van der Waals surface area contributed by atoms with Gasteiger partial charge in [0, 0.05) is 25.3 Å². The van der Waals surface area contributed by atoms with Gasteiger partial charge in [-0.2, -0.15) is 0 Å². The second kappa shape index (κ2) is 10.7. The molecule has 0 amide bonds. The highest BCUT2D eigenvalue weighted by Crippen LogP contribution is 2.43. The lowest BCUT2D eigenvalue weighted by molar-refractivity contribution is -0.151. The normalized spacial score (nSPS) is 23.3. The van der Waals surface area contributed by atoms with Crippen molar-refractivity contribution in [2.75, 3.05) is 14.2 Å². The van der Waals surface area contributed by atoms with Crippen LogP contribution in [0.15, 0.2) is 56.9 Å². The third kappa shape index (κ3) is 5.58. The Hall–Kier alpha value is -4.08. The summed E-state index contributed by atoms with van der Waals surface area (Å²) >= 11 is 0. The Morgan fingerprint density at radius 1 is 0.763 bits per heavy atom. The number of hydrogen-bond acceptors (Lipinski definition) is 10. The molecule has 202 valence electrons. The standard InChI is InChI=1S/C28H32N2O8/c1-27(2)11-19(31)17(23(33)21(27)25(35)37-5)13-29-15-7-9-16(10-8-15)30-14-18-20(32)12-28(3,4)22(24(18)34)26(36)38-6/h7-10,13-14,21-22,33-34H,11-12H2,1-6H3. The Balaban J connectivity index is 1.83. The van der Waals surface area contributed by atoms with E-state index in [1.54, 1.807) is 52.0 Å². The average Bonchev–Trinajstić information content (AvgIpc) is 2.82. The number of nitrogens with zero attached hydrogens (tertiary/aromatic N) is 2. The zero-order chi connectivity index (χ0) is 28.4. The molecule has 1 aromatic rings. The van der Waals surface area contributed by atoms with Gasteiger partial charge in [0.1, 0.15) is 23.4 Å². The van der Waals surface area contributed by atoms with Crippen molar-refractivity contribution in [2.24, 2.45) is 32.7 Å². The first-order valence-electron chi connectivity index (χ1n) is 12.0. The van der Waals surface area contributed by atoms with Gasteiger partial charge in [-0.3, -0.25) is 29.2 Å². The lowest BCUT2D eigenvalue weighted by Crippen LogP contribution is -2.40. The van der Waals surface area contributed by atoms with Gasteiger partial charge in [0.05, 0.1) is 36.7 Å². The maximum Gasteiger partial charge on any atom is 0.316 e. The number of allylic oxidation sites excluding steroid dienone is 2. The van der Waals surface area contributed by atoms with Crippen molar-refractivity contribution in [3.63, 3.8) is 0 Å². The highest BCUT2D eigenvalue weighted by Gasteiger charge is 2.47. The van der Waals surface area contributed by atoms with Gasteiger partial charge in [-0.25, -0.2) is 0 Å². The van der Waals surface area contributed by atoms with Crippen molar-refractivity contribution >= 4 is 47.3 Å².